The number of hydrogen-bond acceptors (Lipinski definition) is 6. The Balaban J connectivity index is 1.73. The molecule has 1 fully saturated rings. The summed E-state index contributed by atoms with van der Waals surface area (Å²) in [6.45, 7) is 1.07. The van der Waals surface area contributed by atoms with E-state index in [0.717, 1.165) is 38.1 Å². The fourth-order valence-electron chi connectivity index (χ4n) is 3.91. The van der Waals surface area contributed by atoms with Crippen molar-refractivity contribution in [3.8, 4) is 17.0 Å². The third kappa shape index (κ3) is 4.27. The number of hydrogen-bond donors (Lipinski definition) is 0. The zero-order chi connectivity index (χ0) is 22.9. The van der Waals surface area contributed by atoms with Gasteiger partial charge < -0.3 is 14.4 Å². The summed E-state index contributed by atoms with van der Waals surface area (Å²) in [6.07, 6.45) is -0.619. The normalized spacial score (nSPS) is 17.5. The second-order valence-electron chi connectivity index (χ2n) is 7.75. The van der Waals surface area contributed by atoms with Crippen molar-refractivity contribution in [2.24, 2.45) is 0 Å². The number of nitrogens with zero attached hydrogens (tertiary/aromatic N) is 4. The zero-order valence-corrected chi connectivity index (χ0v) is 17.7. The fourth-order valence-corrected chi connectivity index (χ4v) is 3.91. The average Bonchev–Trinajstić information content (AvgIpc) is 3.21. The second kappa shape index (κ2) is 8.78. The minimum absolute atomic E-state index is 0.0174. The molecule has 0 bridgehead atoms. The van der Waals surface area contributed by atoms with Crippen molar-refractivity contribution in [3.05, 3.63) is 47.8 Å². The maximum absolute atomic E-state index is 13.8. The molecule has 1 unspecified atom stereocenters. The largest absolute Gasteiger partial charge is 0.496 e. The highest BCUT2D eigenvalue weighted by atomic mass is 19.4. The first kappa shape index (κ1) is 22.1. The molecule has 1 aliphatic rings. The number of rotatable bonds is 5. The van der Waals surface area contributed by atoms with Crippen LogP contribution in [0.3, 0.4) is 0 Å². The molecule has 2 aromatic heterocycles. The van der Waals surface area contributed by atoms with Gasteiger partial charge in [0.1, 0.15) is 17.9 Å². The van der Waals surface area contributed by atoms with Crippen molar-refractivity contribution in [1.29, 1.82) is 0 Å². The van der Waals surface area contributed by atoms with Gasteiger partial charge in [-0.2, -0.15) is 18.3 Å². The molecule has 1 atom stereocenters. The van der Waals surface area contributed by atoms with Crippen LogP contribution in [0.25, 0.3) is 16.9 Å². The molecule has 0 saturated carbocycles. The Bertz CT molecular complexity index is 1130. The predicted molar refractivity (Wildman–Crippen MR) is 111 cm³/mol. The lowest BCUT2D eigenvalue weighted by atomic mass is 10.0. The summed E-state index contributed by atoms with van der Waals surface area (Å²) in [4.78, 5) is 19.2. The Labute approximate surface area is 182 Å². The van der Waals surface area contributed by atoms with E-state index in [9.17, 15) is 18.0 Å². The summed E-state index contributed by atoms with van der Waals surface area (Å²) in [5.41, 5.74) is -1.00. The number of likely N-dealkylation sites (tertiary alicyclic amines) is 1. The minimum Gasteiger partial charge on any atom is -0.496 e. The van der Waals surface area contributed by atoms with Crippen LogP contribution in [0.4, 0.5) is 13.2 Å². The lowest BCUT2D eigenvalue weighted by Gasteiger charge is -2.31. The van der Waals surface area contributed by atoms with Crippen molar-refractivity contribution in [1.82, 2.24) is 19.5 Å². The zero-order valence-electron chi connectivity index (χ0n) is 17.7. The number of carbonyl (C=O) groups excluding carboxylic acids is 1. The van der Waals surface area contributed by atoms with E-state index in [2.05, 4.69) is 15.0 Å². The smallest absolute Gasteiger partial charge is 0.433 e. The van der Waals surface area contributed by atoms with E-state index in [1.165, 1.54) is 7.11 Å². The Kier molecular flexibility index (Phi) is 6.05. The highest BCUT2D eigenvalue weighted by molar-refractivity contribution is 5.96. The van der Waals surface area contributed by atoms with Crippen molar-refractivity contribution >= 4 is 11.6 Å². The Hall–Kier alpha value is -3.14. The molecular formula is C22H23F3N4O3. The Morgan fingerprint density at radius 1 is 1.25 bits per heavy atom. The highest BCUT2D eigenvalue weighted by Gasteiger charge is 2.36. The van der Waals surface area contributed by atoms with Gasteiger partial charge in [-0.15, -0.1) is 0 Å². The molecule has 0 spiro atoms. The van der Waals surface area contributed by atoms with Crippen LogP contribution in [-0.2, 0) is 10.9 Å². The number of para-hydroxylation sites is 1. The van der Waals surface area contributed by atoms with Crippen LogP contribution in [0, 0.1) is 0 Å². The number of fused-ring (bicyclic) bond motifs is 1. The van der Waals surface area contributed by atoms with Gasteiger partial charge in [0.15, 0.2) is 11.3 Å². The quantitative estimate of drug-likeness (QED) is 0.549. The maximum Gasteiger partial charge on any atom is 0.433 e. The SMILES string of the molecule is COc1ccccc1-c1cc(C(F)(F)F)n2ncc(C(=O)OCC3CCCCN3C)c2n1. The molecule has 4 rings (SSSR count). The third-order valence-electron chi connectivity index (χ3n) is 5.69. The van der Waals surface area contributed by atoms with Gasteiger partial charge in [0.25, 0.3) is 0 Å². The van der Waals surface area contributed by atoms with Gasteiger partial charge in [-0.3, -0.25) is 0 Å². The van der Waals surface area contributed by atoms with Crippen LogP contribution in [0.15, 0.2) is 36.5 Å². The van der Waals surface area contributed by atoms with Gasteiger partial charge in [0.2, 0.25) is 0 Å². The number of likely N-dealkylation sites (N-methyl/N-ethyl adjacent to an activating group) is 1. The second-order valence-corrected chi connectivity index (χ2v) is 7.75. The fraction of sp³-hybridized carbons (Fsp3) is 0.409. The van der Waals surface area contributed by atoms with Gasteiger partial charge >= 0.3 is 12.1 Å². The standard InChI is InChI=1S/C22H23F3N4O3/c1-28-10-6-5-7-14(28)13-32-21(30)16-12-26-29-19(22(23,24)25)11-17(27-20(16)29)15-8-3-4-9-18(15)31-2/h3-4,8-9,11-12,14H,5-7,10,13H2,1-2H3. The van der Waals surface area contributed by atoms with Gasteiger partial charge in [-0.1, -0.05) is 18.6 Å². The number of methoxy groups -OCH3 is 1. The molecule has 170 valence electrons. The predicted octanol–water partition coefficient (Wildman–Crippen LogP) is 4.06. The monoisotopic (exact) mass is 448 g/mol. The highest BCUT2D eigenvalue weighted by Crippen LogP contribution is 2.35. The number of aromatic nitrogens is 3. The first-order valence-corrected chi connectivity index (χ1v) is 10.3. The lowest BCUT2D eigenvalue weighted by molar-refractivity contribution is -0.142. The van der Waals surface area contributed by atoms with Gasteiger partial charge in [-0.05, 0) is 44.6 Å². The first-order valence-electron chi connectivity index (χ1n) is 10.3. The number of esters is 1. The maximum atomic E-state index is 13.8. The van der Waals surface area contributed by atoms with E-state index in [1.54, 1.807) is 24.3 Å². The molecule has 7 nitrogen and oxygen atoms in total. The van der Waals surface area contributed by atoms with Crippen LogP contribution in [0.5, 0.6) is 5.75 Å². The van der Waals surface area contributed by atoms with Crippen molar-refractivity contribution in [2.75, 3.05) is 27.3 Å². The number of piperidine rings is 1. The van der Waals surface area contributed by atoms with Gasteiger partial charge in [-0.25, -0.2) is 14.3 Å². The summed E-state index contributed by atoms with van der Waals surface area (Å²) < 4.78 is 52.7. The molecule has 0 N–H and O–H groups in total. The van der Waals surface area contributed by atoms with Crippen molar-refractivity contribution in [3.63, 3.8) is 0 Å². The molecule has 0 radical (unpaired) electrons. The van der Waals surface area contributed by atoms with E-state index in [0.29, 0.717) is 15.8 Å². The molecule has 0 amide bonds. The lowest BCUT2D eigenvalue weighted by Crippen LogP contribution is -2.39. The number of carbonyl (C=O) groups is 1. The number of alkyl halides is 3. The Morgan fingerprint density at radius 2 is 2.03 bits per heavy atom. The van der Waals surface area contributed by atoms with Crippen LogP contribution < -0.4 is 4.74 Å². The molecule has 10 heteroatoms. The molecule has 1 aromatic carbocycles. The number of benzene rings is 1. The summed E-state index contributed by atoms with van der Waals surface area (Å²) in [7, 11) is 3.38. The molecule has 32 heavy (non-hydrogen) atoms. The summed E-state index contributed by atoms with van der Waals surface area (Å²) in [5.74, 6) is -0.391. The van der Waals surface area contributed by atoms with E-state index in [-0.39, 0.29) is 29.6 Å². The molecule has 1 aliphatic heterocycles. The Morgan fingerprint density at radius 3 is 2.75 bits per heavy atom. The minimum atomic E-state index is -4.71. The molecule has 1 saturated heterocycles. The number of ether oxygens (including phenoxy) is 2. The third-order valence-corrected chi connectivity index (χ3v) is 5.69. The van der Waals surface area contributed by atoms with Gasteiger partial charge in [0.05, 0.1) is 19.0 Å². The topological polar surface area (TPSA) is 69.0 Å². The van der Waals surface area contributed by atoms with Crippen LogP contribution in [0.1, 0.15) is 35.3 Å². The molecule has 0 aliphatic carbocycles. The van der Waals surface area contributed by atoms with E-state index in [1.807, 2.05) is 7.05 Å². The average molecular weight is 448 g/mol. The summed E-state index contributed by atoms with van der Waals surface area (Å²) >= 11 is 0. The van der Waals surface area contributed by atoms with Crippen LogP contribution in [0.2, 0.25) is 0 Å². The molecule has 3 heterocycles. The van der Waals surface area contributed by atoms with E-state index >= 15 is 0 Å². The van der Waals surface area contributed by atoms with E-state index in [4.69, 9.17) is 9.47 Å². The molecule has 3 aromatic rings. The summed E-state index contributed by atoms with van der Waals surface area (Å²) in [5, 5.41) is 3.78. The number of halogens is 3. The van der Waals surface area contributed by atoms with Crippen molar-refractivity contribution < 1.29 is 27.4 Å². The van der Waals surface area contributed by atoms with Gasteiger partial charge in [0, 0.05) is 11.6 Å². The summed E-state index contributed by atoms with van der Waals surface area (Å²) in [6, 6.07) is 7.58. The van der Waals surface area contributed by atoms with Crippen molar-refractivity contribution in [2.45, 2.75) is 31.5 Å². The van der Waals surface area contributed by atoms with Crippen LogP contribution >= 0.6 is 0 Å². The van der Waals surface area contributed by atoms with E-state index < -0.39 is 17.8 Å². The van der Waals surface area contributed by atoms with Crippen LogP contribution in [-0.4, -0.2) is 58.8 Å². The molecular weight excluding hydrogens is 425 g/mol. The first-order chi connectivity index (χ1) is 15.3.